The third-order valence-electron chi connectivity index (χ3n) is 1.72. The molecule has 0 fully saturated rings. The van der Waals surface area contributed by atoms with Crippen LogP contribution in [0.5, 0.6) is 0 Å². The van der Waals surface area contributed by atoms with Gasteiger partial charge in [-0.25, -0.2) is 0 Å². The van der Waals surface area contributed by atoms with Crippen LogP contribution < -0.4 is 11.1 Å². The Morgan fingerprint density at radius 2 is 2.60 bits per heavy atom. The fourth-order valence-electron chi connectivity index (χ4n) is 0.979. The molecule has 0 bridgehead atoms. The molecule has 3 N–H and O–H groups in total. The van der Waals surface area contributed by atoms with Crippen molar-refractivity contribution in [3.63, 3.8) is 0 Å². The standard InChI is InChI=1S/C8H14N2/c1-2-8(9)7-3-5-10-6-4-7/h3-5,8,10H,2,6,9H2,1H3/t8-/m1/s1. The zero-order valence-corrected chi connectivity index (χ0v) is 6.30. The van der Waals surface area contributed by atoms with E-state index in [0.717, 1.165) is 13.0 Å². The fraction of sp³-hybridized carbons (Fsp3) is 0.500. The van der Waals surface area contributed by atoms with Gasteiger partial charge in [0.15, 0.2) is 0 Å². The molecule has 1 aliphatic heterocycles. The minimum absolute atomic E-state index is 0.221. The van der Waals surface area contributed by atoms with Gasteiger partial charge in [-0.2, -0.15) is 0 Å². The summed E-state index contributed by atoms with van der Waals surface area (Å²) < 4.78 is 0. The molecule has 2 heteroatoms. The number of hydrogen-bond donors (Lipinski definition) is 2. The lowest BCUT2D eigenvalue weighted by Crippen LogP contribution is -2.23. The molecule has 0 saturated heterocycles. The van der Waals surface area contributed by atoms with E-state index in [9.17, 15) is 0 Å². The van der Waals surface area contributed by atoms with Crippen LogP contribution in [0.4, 0.5) is 0 Å². The van der Waals surface area contributed by atoms with Crippen LogP contribution in [0, 0.1) is 0 Å². The molecule has 2 nitrogen and oxygen atoms in total. The first-order chi connectivity index (χ1) is 4.84. The van der Waals surface area contributed by atoms with E-state index in [2.05, 4.69) is 18.3 Å². The summed E-state index contributed by atoms with van der Waals surface area (Å²) in [7, 11) is 0. The molecular weight excluding hydrogens is 124 g/mol. The lowest BCUT2D eigenvalue weighted by Gasteiger charge is -2.13. The Bertz CT molecular complexity index is 159. The molecule has 0 aromatic carbocycles. The van der Waals surface area contributed by atoms with Gasteiger partial charge in [-0.3, -0.25) is 0 Å². The molecular formula is C8H14N2. The van der Waals surface area contributed by atoms with Gasteiger partial charge in [0.1, 0.15) is 0 Å². The number of dihydropyridines is 1. The molecule has 10 heavy (non-hydrogen) atoms. The van der Waals surface area contributed by atoms with Gasteiger partial charge in [-0.1, -0.05) is 13.0 Å². The van der Waals surface area contributed by atoms with Gasteiger partial charge in [0.05, 0.1) is 0 Å². The van der Waals surface area contributed by atoms with E-state index in [-0.39, 0.29) is 6.04 Å². The second-order valence-electron chi connectivity index (χ2n) is 2.46. The first-order valence-corrected chi connectivity index (χ1v) is 3.70. The third kappa shape index (κ3) is 1.61. The second-order valence-corrected chi connectivity index (χ2v) is 2.46. The topological polar surface area (TPSA) is 38.0 Å². The van der Waals surface area contributed by atoms with Gasteiger partial charge in [-0.05, 0) is 24.3 Å². The zero-order valence-electron chi connectivity index (χ0n) is 6.30. The van der Waals surface area contributed by atoms with Crippen LogP contribution >= 0.6 is 0 Å². The van der Waals surface area contributed by atoms with Crippen molar-refractivity contribution in [2.45, 2.75) is 19.4 Å². The molecule has 1 rings (SSSR count). The Hall–Kier alpha value is -0.760. The molecule has 0 aromatic heterocycles. The van der Waals surface area contributed by atoms with Gasteiger partial charge in [0.2, 0.25) is 0 Å². The smallest absolute Gasteiger partial charge is 0.0331 e. The predicted octanol–water partition coefficient (Wildman–Crippen LogP) is 0.767. The highest BCUT2D eigenvalue weighted by Crippen LogP contribution is 2.06. The average Bonchev–Trinajstić information content (AvgIpc) is 2.05. The highest BCUT2D eigenvalue weighted by atomic mass is 14.8. The third-order valence-corrected chi connectivity index (χ3v) is 1.72. The van der Waals surface area contributed by atoms with E-state index in [0.29, 0.717) is 0 Å². The van der Waals surface area contributed by atoms with E-state index in [4.69, 9.17) is 5.73 Å². The maximum absolute atomic E-state index is 5.80. The first kappa shape index (κ1) is 7.35. The number of rotatable bonds is 2. The number of nitrogens with two attached hydrogens (primary N) is 1. The van der Waals surface area contributed by atoms with Crippen molar-refractivity contribution in [2.24, 2.45) is 5.73 Å². The Morgan fingerprint density at radius 1 is 1.80 bits per heavy atom. The molecule has 0 unspecified atom stereocenters. The van der Waals surface area contributed by atoms with Crippen LogP contribution in [0.3, 0.4) is 0 Å². The Morgan fingerprint density at radius 3 is 3.10 bits per heavy atom. The van der Waals surface area contributed by atoms with Crippen molar-refractivity contribution in [1.82, 2.24) is 5.32 Å². The largest absolute Gasteiger partial charge is 0.387 e. The maximum Gasteiger partial charge on any atom is 0.0331 e. The Balaban J connectivity index is 2.54. The van der Waals surface area contributed by atoms with Crippen LogP contribution in [-0.4, -0.2) is 12.6 Å². The highest BCUT2D eigenvalue weighted by molar-refractivity contribution is 5.26. The van der Waals surface area contributed by atoms with E-state index in [1.54, 1.807) is 0 Å². The summed E-state index contributed by atoms with van der Waals surface area (Å²) >= 11 is 0. The van der Waals surface area contributed by atoms with E-state index in [1.807, 2.05) is 12.3 Å². The summed E-state index contributed by atoms with van der Waals surface area (Å²) in [6.45, 7) is 3.01. The summed E-state index contributed by atoms with van der Waals surface area (Å²) in [5.74, 6) is 0. The van der Waals surface area contributed by atoms with E-state index >= 15 is 0 Å². The lowest BCUT2D eigenvalue weighted by molar-refractivity contribution is 0.742. The SMILES string of the molecule is CC[C@@H](N)C1=CCNC=C1. The minimum Gasteiger partial charge on any atom is -0.387 e. The Labute approximate surface area is 61.8 Å². The molecule has 0 saturated carbocycles. The summed E-state index contributed by atoms with van der Waals surface area (Å²) in [5, 5.41) is 3.08. The predicted molar refractivity (Wildman–Crippen MR) is 43.5 cm³/mol. The molecule has 0 radical (unpaired) electrons. The molecule has 56 valence electrons. The second kappa shape index (κ2) is 3.42. The van der Waals surface area contributed by atoms with Gasteiger partial charge in [0, 0.05) is 12.6 Å². The molecule has 0 amide bonds. The summed E-state index contributed by atoms with van der Waals surface area (Å²) in [5.41, 5.74) is 7.05. The summed E-state index contributed by atoms with van der Waals surface area (Å²) in [4.78, 5) is 0. The fourth-order valence-corrected chi connectivity index (χ4v) is 0.979. The van der Waals surface area contributed by atoms with Crippen molar-refractivity contribution >= 4 is 0 Å². The highest BCUT2D eigenvalue weighted by Gasteiger charge is 2.03. The first-order valence-electron chi connectivity index (χ1n) is 3.70. The maximum atomic E-state index is 5.80. The van der Waals surface area contributed by atoms with Crippen LogP contribution in [0.2, 0.25) is 0 Å². The normalized spacial score (nSPS) is 19.6. The average molecular weight is 138 g/mol. The summed E-state index contributed by atoms with van der Waals surface area (Å²) in [6, 6.07) is 0.221. The van der Waals surface area contributed by atoms with Crippen molar-refractivity contribution in [3.8, 4) is 0 Å². The molecule has 1 aliphatic rings. The van der Waals surface area contributed by atoms with Crippen molar-refractivity contribution < 1.29 is 0 Å². The van der Waals surface area contributed by atoms with Crippen LogP contribution in [0.25, 0.3) is 0 Å². The molecule has 1 atom stereocenters. The zero-order chi connectivity index (χ0) is 7.40. The van der Waals surface area contributed by atoms with Crippen LogP contribution in [0.1, 0.15) is 13.3 Å². The van der Waals surface area contributed by atoms with E-state index in [1.165, 1.54) is 5.57 Å². The molecule has 0 aromatic rings. The van der Waals surface area contributed by atoms with Gasteiger partial charge in [-0.15, -0.1) is 0 Å². The molecule has 1 heterocycles. The van der Waals surface area contributed by atoms with Gasteiger partial charge < -0.3 is 11.1 Å². The molecule has 0 aliphatic carbocycles. The minimum atomic E-state index is 0.221. The Kier molecular flexibility index (Phi) is 2.51. The van der Waals surface area contributed by atoms with Crippen molar-refractivity contribution in [1.29, 1.82) is 0 Å². The quantitative estimate of drug-likeness (QED) is 0.591. The number of hydrogen-bond acceptors (Lipinski definition) is 2. The van der Waals surface area contributed by atoms with Crippen LogP contribution in [0.15, 0.2) is 23.9 Å². The summed E-state index contributed by atoms with van der Waals surface area (Å²) in [6.07, 6.45) is 7.13. The van der Waals surface area contributed by atoms with Crippen molar-refractivity contribution in [3.05, 3.63) is 23.9 Å². The van der Waals surface area contributed by atoms with Crippen LogP contribution in [-0.2, 0) is 0 Å². The monoisotopic (exact) mass is 138 g/mol. The number of nitrogens with one attached hydrogen (secondary N) is 1. The van der Waals surface area contributed by atoms with Crippen molar-refractivity contribution in [2.75, 3.05) is 6.54 Å². The molecule has 0 spiro atoms. The van der Waals surface area contributed by atoms with Gasteiger partial charge >= 0.3 is 0 Å². The van der Waals surface area contributed by atoms with Gasteiger partial charge in [0.25, 0.3) is 0 Å². The lowest BCUT2D eigenvalue weighted by atomic mass is 10.0. The van der Waals surface area contributed by atoms with E-state index < -0.39 is 0 Å².